The number of ketones is 1. The lowest BCUT2D eigenvalue weighted by molar-refractivity contribution is -0.175. The van der Waals surface area contributed by atoms with Crippen molar-refractivity contribution in [1.29, 1.82) is 0 Å². The van der Waals surface area contributed by atoms with Gasteiger partial charge in [-0.15, -0.1) is 0 Å². The van der Waals surface area contributed by atoms with Crippen molar-refractivity contribution in [1.82, 2.24) is 15.5 Å². The first-order chi connectivity index (χ1) is 15.7. The molecule has 1 aliphatic heterocycles. The molecule has 1 aromatic carbocycles. The number of nitrogens with zero attached hydrogens (tertiary/aromatic N) is 1. The highest BCUT2D eigenvalue weighted by atomic mass is 19.4. The molecule has 3 atom stereocenters. The quantitative estimate of drug-likeness (QED) is 0.523. The highest BCUT2D eigenvalue weighted by molar-refractivity contribution is 5.99. The van der Waals surface area contributed by atoms with E-state index in [2.05, 4.69) is 10.6 Å². The second kappa shape index (κ2) is 10.9. The van der Waals surface area contributed by atoms with E-state index in [0.717, 1.165) is 0 Å². The first-order valence-corrected chi connectivity index (χ1v) is 11.1. The molecule has 3 N–H and O–H groups in total. The van der Waals surface area contributed by atoms with Crippen LogP contribution in [0.1, 0.15) is 50.9 Å². The third kappa shape index (κ3) is 6.48. The fourth-order valence-corrected chi connectivity index (χ4v) is 3.79. The van der Waals surface area contributed by atoms with Crippen molar-refractivity contribution in [3.8, 4) is 5.75 Å². The Labute approximate surface area is 195 Å². The van der Waals surface area contributed by atoms with Gasteiger partial charge in [0.1, 0.15) is 17.8 Å². The number of phenolic OH excluding ortho intramolecular Hbond substituents is 1. The van der Waals surface area contributed by atoms with Crippen LogP contribution < -0.4 is 10.6 Å². The third-order valence-corrected chi connectivity index (χ3v) is 5.71. The predicted octanol–water partition coefficient (Wildman–Crippen LogP) is 2.41. The second-order valence-electron chi connectivity index (χ2n) is 9.02. The van der Waals surface area contributed by atoms with Crippen LogP contribution in [0.3, 0.4) is 0 Å². The lowest BCUT2D eigenvalue weighted by Gasteiger charge is -2.32. The summed E-state index contributed by atoms with van der Waals surface area (Å²) in [6.45, 7) is 6.39. The minimum Gasteiger partial charge on any atom is -0.508 e. The molecule has 11 heteroatoms. The summed E-state index contributed by atoms with van der Waals surface area (Å²) in [6.07, 6.45) is -4.44. The molecule has 0 spiro atoms. The van der Waals surface area contributed by atoms with E-state index in [4.69, 9.17) is 0 Å². The molecule has 0 aromatic heterocycles. The minimum atomic E-state index is -5.10. The summed E-state index contributed by atoms with van der Waals surface area (Å²) < 4.78 is 38.9. The van der Waals surface area contributed by atoms with Crippen LogP contribution in [-0.4, -0.2) is 64.4 Å². The van der Waals surface area contributed by atoms with E-state index < -0.39 is 53.7 Å². The number of Topliss-reactive ketones (excluding diaryl/α,β-unsaturated/α-hetero) is 1. The zero-order valence-corrected chi connectivity index (χ0v) is 19.5. The lowest BCUT2D eigenvalue weighted by Crippen LogP contribution is -2.58. The maximum atomic E-state index is 13.3. The van der Waals surface area contributed by atoms with Gasteiger partial charge in [-0.3, -0.25) is 19.2 Å². The van der Waals surface area contributed by atoms with Gasteiger partial charge in [-0.1, -0.05) is 27.7 Å². The molecular weight excluding hydrogens is 455 g/mol. The number of benzene rings is 1. The summed E-state index contributed by atoms with van der Waals surface area (Å²) in [6, 6.07) is 1.63. The number of nitrogens with one attached hydrogen (secondary N) is 2. The number of hydrogen-bond acceptors (Lipinski definition) is 5. The van der Waals surface area contributed by atoms with E-state index >= 15 is 0 Å². The van der Waals surface area contributed by atoms with Gasteiger partial charge in [-0.2, -0.15) is 13.2 Å². The molecule has 1 fully saturated rings. The molecule has 1 heterocycles. The highest BCUT2D eigenvalue weighted by Gasteiger charge is 2.46. The number of halogens is 3. The Kier molecular flexibility index (Phi) is 8.68. The number of alkyl halides is 3. The van der Waals surface area contributed by atoms with Crippen molar-refractivity contribution >= 4 is 23.5 Å². The van der Waals surface area contributed by atoms with E-state index in [1.54, 1.807) is 13.8 Å². The third-order valence-electron chi connectivity index (χ3n) is 5.71. The van der Waals surface area contributed by atoms with Crippen LogP contribution in [0.4, 0.5) is 13.2 Å². The lowest BCUT2D eigenvalue weighted by atomic mass is 9.98. The van der Waals surface area contributed by atoms with Crippen LogP contribution in [0.15, 0.2) is 24.3 Å². The molecule has 8 nitrogen and oxygen atoms in total. The molecule has 0 saturated carbocycles. The Balaban J connectivity index is 2.17. The van der Waals surface area contributed by atoms with Gasteiger partial charge in [0.2, 0.25) is 11.8 Å². The number of rotatable bonds is 8. The van der Waals surface area contributed by atoms with Crippen molar-refractivity contribution in [2.75, 3.05) is 6.54 Å². The Hall–Kier alpha value is -3.11. The van der Waals surface area contributed by atoms with E-state index in [9.17, 15) is 37.5 Å². The van der Waals surface area contributed by atoms with Crippen molar-refractivity contribution in [2.45, 2.75) is 64.8 Å². The average Bonchev–Trinajstić information content (AvgIpc) is 3.24. The van der Waals surface area contributed by atoms with E-state index in [-0.39, 0.29) is 30.2 Å². The van der Waals surface area contributed by atoms with Gasteiger partial charge in [0.15, 0.2) is 0 Å². The Morgan fingerprint density at radius 2 is 1.53 bits per heavy atom. The summed E-state index contributed by atoms with van der Waals surface area (Å²) in [5.74, 6) is -5.17. The molecule has 0 aliphatic carbocycles. The second-order valence-corrected chi connectivity index (χ2v) is 9.02. The number of carbonyl (C=O) groups excluding carboxylic acids is 4. The Bertz CT molecular complexity index is 915. The standard InChI is InChI=1S/C23H30F3N3O5/c1-12(2)17(19(31)23(24,25)26)27-21(33)16-6-5-11-29(16)22(34)18(13(3)4)28-20(32)14-7-9-15(30)10-8-14/h7-10,12-13,16-18,30H,5-6,11H2,1-4H3,(H,27,33)(H,28,32)/t16-,17?,18-/m0/s1. The Morgan fingerprint density at radius 3 is 2.03 bits per heavy atom. The van der Waals surface area contributed by atoms with Crippen LogP contribution in [0.5, 0.6) is 5.75 Å². The summed E-state index contributed by atoms with van der Waals surface area (Å²) in [4.78, 5) is 51.7. The smallest absolute Gasteiger partial charge is 0.452 e. The summed E-state index contributed by atoms with van der Waals surface area (Å²) >= 11 is 0. The maximum absolute atomic E-state index is 13.3. The monoisotopic (exact) mass is 485 g/mol. The SMILES string of the molecule is CC(C)C(NC(=O)[C@@H]1CCCN1C(=O)[C@@H](NC(=O)c1ccc(O)cc1)C(C)C)C(=O)C(F)(F)F. The fourth-order valence-electron chi connectivity index (χ4n) is 3.79. The van der Waals surface area contributed by atoms with Gasteiger partial charge in [0.05, 0.1) is 6.04 Å². The zero-order chi connectivity index (χ0) is 25.8. The Morgan fingerprint density at radius 1 is 0.971 bits per heavy atom. The van der Waals surface area contributed by atoms with E-state index in [1.165, 1.54) is 43.0 Å². The molecular formula is C23H30F3N3O5. The van der Waals surface area contributed by atoms with Gasteiger partial charge in [-0.05, 0) is 48.9 Å². The summed E-state index contributed by atoms with van der Waals surface area (Å²) in [5.41, 5.74) is 0.220. The van der Waals surface area contributed by atoms with Crippen molar-refractivity contribution in [3.05, 3.63) is 29.8 Å². The highest BCUT2D eigenvalue weighted by Crippen LogP contribution is 2.24. The summed E-state index contributed by atoms with van der Waals surface area (Å²) in [7, 11) is 0. The molecule has 188 valence electrons. The van der Waals surface area contributed by atoms with E-state index in [0.29, 0.717) is 6.42 Å². The van der Waals surface area contributed by atoms with Crippen LogP contribution in [0.25, 0.3) is 0 Å². The van der Waals surface area contributed by atoms with E-state index in [1.807, 2.05) is 0 Å². The van der Waals surface area contributed by atoms with Crippen LogP contribution in [-0.2, 0) is 14.4 Å². The molecule has 0 bridgehead atoms. The molecule has 1 aromatic rings. The number of likely N-dealkylation sites (tertiary alicyclic amines) is 1. The van der Waals surface area contributed by atoms with Crippen LogP contribution >= 0.6 is 0 Å². The number of phenols is 1. The zero-order valence-electron chi connectivity index (χ0n) is 19.5. The molecule has 1 unspecified atom stereocenters. The van der Waals surface area contributed by atoms with Crippen molar-refractivity contribution < 1.29 is 37.5 Å². The van der Waals surface area contributed by atoms with Crippen LogP contribution in [0, 0.1) is 11.8 Å². The first-order valence-electron chi connectivity index (χ1n) is 11.1. The summed E-state index contributed by atoms with van der Waals surface area (Å²) in [5, 5.41) is 14.2. The largest absolute Gasteiger partial charge is 0.508 e. The molecule has 0 radical (unpaired) electrons. The van der Waals surface area contributed by atoms with Crippen molar-refractivity contribution in [3.63, 3.8) is 0 Å². The normalized spacial score (nSPS) is 18.0. The van der Waals surface area contributed by atoms with Gasteiger partial charge in [0, 0.05) is 12.1 Å². The van der Waals surface area contributed by atoms with Gasteiger partial charge in [0.25, 0.3) is 11.7 Å². The van der Waals surface area contributed by atoms with Gasteiger partial charge < -0.3 is 20.6 Å². The van der Waals surface area contributed by atoms with Gasteiger partial charge >= 0.3 is 6.18 Å². The maximum Gasteiger partial charge on any atom is 0.452 e. The number of hydrogen-bond donors (Lipinski definition) is 3. The number of aromatic hydroxyl groups is 1. The van der Waals surface area contributed by atoms with Crippen LogP contribution in [0.2, 0.25) is 0 Å². The topological polar surface area (TPSA) is 116 Å². The number of carbonyl (C=O) groups is 4. The predicted molar refractivity (Wildman–Crippen MR) is 117 cm³/mol. The molecule has 2 rings (SSSR count). The van der Waals surface area contributed by atoms with Crippen molar-refractivity contribution in [2.24, 2.45) is 11.8 Å². The number of amides is 3. The minimum absolute atomic E-state index is 0.0253. The van der Waals surface area contributed by atoms with Gasteiger partial charge in [-0.25, -0.2) is 0 Å². The molecule has 1 saturated heterocycles. The molecule has 3 amide bonds. The molecule has 34 heavy (non-hydrogen) atoms. The molecule has 1 aliphatic rings. The average molecular weight is 486 g/mol. The first kappa shape index (κ1) is 27.1. The fraction of sp³-hybridized carbons (Fsp3) is 0.565.